The van der Waals surface area contributed by atoms with Crippen LogP contribution >= 0.6 is 27.7 Å². The Labute approximate surface area is 118 Å². The number of alkyl carbamates (subject to hydrolysis) is 1. The molecule has 18 heavy (non-hydrogen) atoms. The van der Waals surface area contributed by atoms with Crippen LogP contribution in [-0.4, -0.2) is 24.4 Å². The Morgan fingerprint density at radius 3 is 2.83 bits per heavy atom. The number of nitrogen functional groups attached to an aromatic ring is 1. The van der Waals surface area contributed by atoms with Crippen LogP contribution < -0.4 is 11.1 Å². The highest BCUT2D eigenvalue weighted by atomic mass is 79.9. The minimum atomic E-state index is -0.730. The number of thioether (sulfide) groups is 1. The summed E-state index contributed by atoms with van der Waals surface area (Å²) < 4.78 is 5.47. The van der Waals surface area contributed by atoms with Crippen LogP contribution in [0.3, 0.4) is 0 Å². The minimum Gasteiger partial charge on any atom is -0.450 e. The van der Waals surface area contributed by atoms with E-state index < -0.39 is 12.0 Å². The number of carbonyl (C=O) groups is 2. The minimum absolute atomic E-state index is 0.102. The summed E-state index contributed by atoms with van der Waals surface area (Å²) in [5, 5.41) is 2.11. The van der Waals surface area contributed by atoms with Gasteiger partial charge in [0.1, 0.15) is 0 Å². The maximum Gasteiger partial charge on any atom is 0.413 e. The van der Waals surface area contributed by atoms with Gasteiger partial charge in [-0.1, -0.05) is 15.9 Å². The van der Waals surface area contributed by atoms with Gasteiger partial charge in [0.05, 0.1) is 12.4 Å². The molecule has 5 nitrogen and oxygen atoms in total. The molecular weight excluding hydrogens is 320 g/mol. The fourth-order valence-corrected chi connectivity index (χ4v) is 2.24. The van der Waals surface area contributed by atoms with Crippen molar-refractivity contribution in [2.24, 2.45) is 0 Å². The third kappa shape index (κ3) is 4.97. The van der Waals surface area contributed by atoms with Crippen LogP contribution in [0, 0.1) is 0 Å². The summed E-state index contributed by atoms with van der Waals surface area (Å²) in [5.74, 6) is -0.314. The van der Waals surface area contributed by atoms with E-state index in [9.17, 15) is 9.59 Å². The predicted octanol–water partition coefficient (Wildman–Crippen LogP) is 2.40. The number of halogens is 1. The fraction of sp³-hybridized carbons (Fsp3) is 0.273. The van der Waals surface area contributed by atoms with Gasteiger partial charge in [-0.3, -0.25) is 10.1 Å². The lowest BCUT2D eigenvalue weighted by Crippen LogP contribution is -2.32. The highest BCUT2D eigenvalue weighted by Gasteiger charge is 2.09. The maximum absolute atomic E-state index is 11.4. The lowest BCUT2D eigenvalue weighted by atomic mass is 10.3. The van der Waals surface area contributed by atoms with Crippen molar-refractivity contribution < 1.29 is 14.3 Å². The van der Waals surface area contributed by atoms with Crippen molar-refractivity contribution in [2.75, 3.05) is 18.1 Å². The van der Waals surface area contributed by atoms with Gasteiger partial charge in [-0.2, -0.15) is 0 Å². The maximum atomic E-state index is 11.4. The Hall–Kier alpha value is -1.21. The summed E-state index contributed by atoms with van der Waals surface area (Å²) >= 11 is 4.55. The molecule has 1 rings (SSSR count). The van der Waals surface area contributed by atoms with E-state index in [2.05, 4.69) is 26.0 Å². The normalized spacial score (nSPS) is 9.89. The third-order valence-electron chi connectivity index (χ3n) is 1.85. The zero-order valence-corrected chi connectivity index (χ0v) is 12.1. The monoisotopic (exact) mass is 332 g/mol. The smallest absolute Gasteiger partial charge is 0.413 e. The summed E-state index contributed by atoms with van der Waals surface area (Å²) in [6.45, 7) is 1.90. The Morgan fingerprint density at radius 1 is 1.50 bits per heavy atom. The van der Waals surface area contributed by atoms with E-state index in [4.69, 9.17) is 5.73 Å². The second kappa shape index (κ2) is 7.27. The molecule has 7 heteroatoms. The SMILES string of the molecule is CCOC(=O)NC(=O)CSc1ccc(Br)cc1N. The lowest BCUT2D eigenvalue weighted by Gasteiger charge is -2.06. The topological polar surface area (TPSA) is 81.4 Å². The summed E-state index contributed by atoms with van der Waals surface area (Å²) in [6.07, 6.45) is -0.730. The molecule has 0 saturated carbocycles. The molecule has 2 amide bonds. The second-order valence-electron chi connectivity index (χ2n) is 3.24. The molecule has 0 saturated heterocycles. The number of hydrogen-bond donors (Lipinski definition) is 2. The number of nitrogens with one attached hydrogen (secondary N) is 1. The lowest BCUT2D eigenvalue weighted by molar-refractivity contribution is -0.117. The summed E-state index contributed by atoms with van der Waals surface area (Å²) in [4.78, 5) is 23.2. The first-order valence-electron chi connectivity index (χ1n) is 5.17. The van der Waals surface area contributed by atoms with E-state index in [1.165, 1.54) is 11.8 Å². The zero-order chi connectivity index (χ0) is 13.5. The Kier molecular flexibility index (Phi) is 6.00. The van der Waals surface area contributed by atoms with Crippen LogP contribution in [0.5, 0.6) is 0 Å². The van der Waals surface area contributed by atoms with Crippen LogP contribution in [0.4, 0.5) is 10.5 Å². The van der Waals surface area contributed by atoms with Crippen LogP contribution in [0.1, 0.15) is 6.92 Å². The van der Waals surface area contributed by atoms with Crippen molar-refractivity contribution in [3.8, 4) is 0 Å². The molecule has 98 valence electrons. The van der Waals surface area contributed by atoms with Gasteiger partial charge in [-0.15, -0.1) is 11.8 Å². The number of nitrogens with two attached hydrogens (primary N) is 1. The largest absolute Gasteiger partial charge is 0.450 e. The quantitative estimate of drug-likeness (QED) is 0.653. The first-order valence-corrected chi connectivity index (χ1v) is 6.95. The molecule has 3 N–H and O–H groups in total. The van der Waals surface area contributed by atoms with Crippen molar-refractivity contribution in [2.45, 2.75) is 11.8 Å². The third-order valence-corrected chi connectivity index (χ3v) is 3.43. The molecule has 0 unspecified atom stereocenters. The van der Waals surface area contributed by atoms with E-state index in [1.807, 2.05) is 12.1 Å². The molecule has 1 aromatic rings. The van der Waals surface area contributed by atoms with E-state index in [0.717, 1.165) is 9.37 Å². The Morgan fingerprint density at radius 2 is 2.22 bits per heavy atom. The van der Waals surface area contributed by atoms with Crippen molar-refractivity contribution in [3.63, 3.8) is 0 Å². The molecular formula is C11H13BrN2O3S. The van der Waals surface area contributed by atoms with Crippen LogP contribution in [0.25, 0.3) is 0 Å². The first-order chi connectivity index (χ1) is 8.52. The molecule has 0 bridgehead atoms. The molecule has 0 aliphatic rings. The number of ether oxygens (including phenoxy) is 1. The molecule has 0 atom stereocenters. The molecule has 0 aliphatic heterocycles. The second-order valence-corrected chi connectivity index (χ2v) is 5.17. The molecule has 1 aromatic carbocycles. The summed E-state index contributed by atoms with van der Waals surface area (Å²) in [5.41, 5.74) is 6.36. The molecule has 0 heterocycles. The average molecular weight is 333 g/mol. The highest BCUT2D eigenvalue weighted by Crippen LogP contribution is 2.27. The highest BCUT2D eigenvalue weighted by molar-refractivity contribution is 9.10. The molecule has 0 aliphatic carbocycles. The van der Waals surface area contributed by atoms with Crippen LogP contribution in [0.2, 0.25) is 0 Å². The predicted molar refractivity (Wildman–Crippen MR) is 74.4 cm³/mol. The van der Waals surface area contributed by atoms with Gasteiger partial charge in [-0.05, 0) is 25.1 Å². The Bertz CT molecular complexity index is 454. The van der Waals surface area contributed by atoms with Crippen molar-refractivity contribution in [3.05, 3.63) is 22.7 Å². The standard InChI is InChI=1S/C11H13BrN2O3S/c1-2-17-11(16)14-10(15)6-18-9-4-3-7(12)5-8(9)13/h3-5H,2,6,13H2,1H3,(H,14,15,16). The van der Waals surface area contributed by atoms with Gasteiger partial charge in [0.15, 0.2) is 0 Å². The van der Waals surface area contributed by atoms with Gasteiger partial charge in [0.2, 0.25) is 5.91 Å². The van der Waals surface area contributed by atoms with Crippen LogP contribution in [-0.2, 0) is 9.53 Å². The number of imide groups is 1. The van der Waals surface area contributed by atoms with Crippen molar-refractivity contribution >= 4 is 45.4 Å². The zero-order valence-electron chi connectivity index (χ0n) is 9.73. The number of hydrogen-bond acceptors (Lipinski definition) is 5. The van der Waals surface area contributed by atoms with Gasteiger partial charge < -0.3 is 10.5 Å². The Balaban J connectivity index is 2.45. The van der Waals surface area contributed by atoms with Crippen molar-refractivity contribution in [1.29, 1.82) is 0 Å². The van der Waals surface area contributed by atoms with E-state index in [-0.39, 0.29) is 12.4 Å². The number of carbonyl (C=O) groups excluding carboxylic acids is 2. The van der Waals surface area contributed by atoms with Crippen molar-refractivity contribution in [1.82, 2.24) is 5.32 Å². The van der Waals surface area contributed by atoms with E-state index >= 15 is 0 Å². The summed E-state index contributed by atoms with van der Waals surface area (Å²) in [7, 11) is 0. The molecule has 0 fully saturated rings. The number of amides is 2. The number of anilines is 1. The molecule has 0 spiro atoms. The summed E-state index contributed by atoms with van der Waals surface area (Å²) in [6, 6.07) is 5.40. The molecule has 0 radical (unpaired) electrons. The average Bonchev–Trinajstić information content (AvgIpc) is 2.28. The van der Waals surface area contributed by atoms with Crippen LogP contribution in [0.15, 0.2) is 27.6 Å². The van der Waals surface area contributed by atoms with Gasteiger partial charge >= 0.3 is 6.09 Å². The van der Waals surface area contributed by atoms with Gasteiger partial charge in [-0.25, -0.2) is 4.79 Å². The first kappa shape index (κ1) is 14.8. The number of rotatable bonds is 4. The van der Waals surface area contributed by atoms with E-state index in [1.54, 1.807) is 13.0 Å². The fourth-order valence-electron chi connectivity index (χ4n) is 1.11. The van der Waals surface area contributed by atoms with E-state index in [0.29, 0.717) is 5.69 Å². The van der Waals surface area contributed by atoms with Gasteiger partial charge in [0.25, 0.3) is 0 Å². The number of benzene rings is 1. The van der Waals surface area contributed by atoms with Gasteiger partial charge in [0, 0.05) is 15.1 Å². The molecule has 0 aromatic heterocycles.